The summed E-state index contributed by atoms with van der Waals surface area (Å²) in [5, 5.41) is 0. The van der Waals surface area contributed by atoms with E-state index in [-0.39, 0.29) is 5.82 Å². The summed E-state index contributed by atoms with van der Waals surface area (Å²) in [5.74, 6) is 0.420. The van der Waals surface area contributed by atoms with Gasteiger partial charge in [0.2, 0.25) is 0 Å². The number of aromatic nitrogens is 1. The summed E-state index contributed by atoms with van der Waals surface area (Å²) in [4.78, 5) is 3.89. The fourth-order valence-electron chi connectivity index (χ4n) is 1.04. The average molecular weight is 169 g/mol. The number of pyridine rings is 1. The molecule has 0 saturated heterocycles. The third-order valence-corrected chi connectivity index (χ3v) is 1.66. The van der Waals surface area contributed by atoms with Gasteiger partial charge in [0.25, 0.3) is 5.88 Å². The van der Waals surface area contributed by atoms with Crippen molar-refractivity contribution in [3.63, 3.8) is 0 Å². The molecule has 2 rings (SSSR count). The summed E-state index contributed by atoms with van der Waals surface area (Å²) in [6.07, 6.45) is 0. The van der Waals surface area contributed by atoms with E-state index in [9.17, 15) is 4.39 Å². The summed E-state index contributed by atoms with van der Waals surface area (Å²) in [5.41, 5.74) is 0.333. The molecule has 0 aromatic carbocycles. The molecular weight excluding hydrogens is 161 g/mol. The van der Waals surface area contributed by atoms with Gasteiger partial charge in [-0.25, -0.2) is 9.37 Å². The predicted octanol–water partition coefficient (Wildman–Crippen LogP) is 1.30. The Morgan fingerprint density at radius 2 is 2.17 bits per heavy atom. The Morgan fingerprint density at radius 1 is 1.42 bits per heavy atom. The van der Waals surface area contributed by atoms with Gasteiger partial charge < -0.3 is 9.47 Å². The van der Waals surface area contributed by atoms with Gasteiger partial charge in [-0.1, -0.05) is 0 Å². The second-order valence-corrected chi connectivity index (χ2v) is 2.56. The van der Waals surface area contributed by atoms with Crippen molar-refractivity contribution < 1.29 is 13.9 Å². The number of rotatable bonds is 0. The highest BCUT2D eigenvalue weighted by Gasteiger charge is 2.15. The number of nitrogens with zero attached hydrogens (tertiary/aromatic N) is 1. The van der Waals surface area contributed by atoms with E-state index in [2.05, 4.69) is 4.98 Å². The molecule has 0 radical (unpaired) electrons. The zero-order valence-corrected chi connectivity index (χ0v) is 6.63. The first-order valence-corrected chi connectivity index (χ1v) is 3.70. The molecule has 64 valence electrons. The number of hydrogen-bond donors (Lipinski definition) is 0. The molecule has 12 heavy (non-hydrogen) atoms. The molecule has 1 aromatic heterocycles. The topological polar surface area (TPSA) is 31.4 Å². The summed E-state index contributed by atoms with van der Waals surface area (Å²) in [6.45, 7) is 2.52. The Balaban J connectivity index is 2.49. The molecule has 4 heteroatoms. The van der Waals surface area contributed by atoms with Crippen LogP contribution >= 0.6 is 0 Å². The molecule has 0 spiro atoms. The van der Waals surface area contributed by atoms with Gasteiger partial charge in [0.05, 0.1) is 5.69 Å². The molecule has 0 saturated carbocycles. The van der Waals surface area contributed by atoms with Gasteiger partial charge in [-0.15, -0.1) is 0 Å². The lowest BCUT2D eigenvalue weighted by atomic mass is 10.3. The minimum Gasteiger partial charge on any atom is -0.484 e. The van der Waals surface area contributed by atoms with E-state index < -0.39 is 0 Å². The molecule has 0 aliphatic carbocycles. The summed E-state index contributed by atoms with van der Waals surface area (Å²) < 4.78 is 23.2. The van der Waals surface area contributed by atoms with E-state index in [1.807, 2.05) is 0 Å². The Kier molecular flexibility index (Phi) is 1.60. The van der Waals surface area contributed by atoms with Gasteiger partial charge in [0, 0.05) is 6.07 Å². The highest BCUT2D eigenvalue weighted by molar-refractivity contribution is 5.36. The van der Waals surface area contributed by atoms with E-state index in [1.54, 1.807) is 6.92 Å². The van der Waals surface area contributed by atoms with Crippen LogP contribution in [0.1, 0.15) is 5.69 Å². The normalized spacial score (nSPS) is 14.5. The lowest BCUT2D eigenvalue weighted by Crippen LogP contribution is -2.17. The van der Waals surface area contributed by atoms with Crippen molar-refractivity contribution in [3.8, 4) is 11.6 Å². The number of hydrogen-bond acceptors (Lipinski definition) is 3. The minimum absolute atomic E-state index is 0.333. The van der Waals surface area contributed by atoms with Crippen molar-refractivity contribution in [1.29, 1.82) is 0 Å². The van der Waals surface area contributed by atoms with Gasteiger partial charge in [0.1, 0.15) is 19.0 Å². The SMILES string of the molecule is Cc1nc2c(cc1F)OCCO2. The zero-order chi connectivity index (χ0) is 8.55. The maximum Gasteiger partial charge on any atom is 0.257 e. The predicted molar refractivity (Wildman–Crippen MR) is 39.9 cm³/mol. The first-order valence-electron chi connectivity index (χ1n) is 3.70. The Morgan fingerprint density at radius 3 is 3.00 bits per heavy atom. The second kappa shape index (κ2) is 2.62. The highest BCUT2D eigenvalue weighted by Crippen LogP contribution is 2.28. The van der Waals surface area contributed by atoms with E-state index in [0.29, 0.717) is 30.5 Å². The van der Waals surface area contributed by atoms with E-state index in [1.165, 1.54) is 6.07 Å². The maximum atomic E-state index is 12.9. The number of fused-ring (bicyclic) bond motifs is 1. The first-order chi connectivity index (χ1) is 5.77. The van der Waals surface area contributed by atoms with Gasteiger partial charge >= 0.3 is 0 Å². The molecule has 0 atom stereocenters. The molecule has 2 heterocycles. The van der Waals surface area contributed by atoms with Crippen molar-refractivity contribution >= 4 is 0 Å². The summed E-state index contributed by atoms with van der Waals surface area (Å²) in [7, 11) is 0. The van der Waals surface area contributed by atoms with Crippen molar-refractivity contribution in [1.82, 2.24) is 4.98 Å². The van der Waals surface area contributed by atoms with Gasteiger partial charge in [-0.3, -0.25) is 0 Å². The van der Waals surface area contributed by atoms with E-state index >= 15 is 0 Å². The van der Waals surface area contributed by atoms with Gasteiger partial charge in [-0.05, 0) is 6.92 Å². The lowest BCUT2D eigenvalue weighted by Gasteiger charge is -2.17. The monoisotopic (exact) mass is 169 g/mol. The van der Waals surface area contributed by atoms with E-state index in [0.717, 1.165) is 0 Å². The summed E-state index contributed by atoms with van der Waals surface area (Å²) in [6, 6.07) is 1.30. The molecule has 0 bridgehead atoms. The molecule has 1 aliphatic rings. The average Bonchev–Trinajstić information content (AvgIpc) is 2.07. The van der Waals surface area contributed by atoms with Gasteiger partial charge in [-0.2, -0.15) is 0 Å². The fourth-order valence-corrected chi connectivity index (χ4v) is 1.04. The minimum atomic E-state index is -0.362. The molecule has 0 amide bonds. The third kappa shape index (κ3) is 1.09. The number of aryl methyl sites for hydroxylation is 1. The van der Waals surface area contributed by atoms with Crippen LogP contribution in [0.3, 0.4) is 0 Å². The standard InChI is InChI=1S/C8H8FNO2/c1-5-6(9)4-7-8(10-5)12-3-2-11-7/h4H,2-3H2,1H3. The van der Waals surface area contributed by atoms with Crippen LogP contribution in [-0.2, 0) is 0 Å². The Bertz CT molecular complexity index is 283. The smallest absolute Gasteiger partial charge is 0.257 e. The van der Waals surface area contributed by atoms with E-state index in [4.69, 9.17) is 9.47 Å². The van der Waals surface area contributed by atoms with Crippen LogP contribution in [0.4, 0.5) is 4.39 Å². The summed E-state index contributed by atoms with van der Waals surface area (Å²) >= 11 is 0. The largest absolute Gasteiger partial charge is 0.484 e. The van der Waals surface area contributed by atoms with Crippen molar-refractivity contribution in [2.45, 2.75) is 6.92 Å². The molecule has 1 aromatic rings. The molecule has 0 fully saturated rings. The fraction of sp³-hybridized carbons (Fsp3) is 0.375. The van der Waals surface area contributed by atoms with Crippen LogP contribution < -0.4 is 9.47 Å². The second-order valence-electron chi connectivity index (χ2n) is 2.56. The Hall–Kier alpha value is -1.32. The molecule has 0 N–H and O–H groups in total. The van der Waals surface area contributed by atoms with Crippen molar-refractivity contribution in [3.05, 3.63) is 17.6 Å². The maximum absolute atomic E-state index is 12.9. The number of ether oxygens (including phenoxy) is 2. The van der Waals surface area contributed by atoms with Crippen LogP contribution in [-0.4, -0.2) is 18.2 Å². The number of halogens is 1. The van der Waals surface area contributed by atoms with Crippen molar-refractivity contribution in [2.75, 3.05) is 13.2 Å². The molecule has 1 aliphatic heterocycles. The lowest BCUT2D eigenvalue weighted by molar-refractivity contribution is 0.163. The Labute approximate surface area is 69.1 Å². The van der Waals surface area contributed by atoms with Crippen molar-refractivity contribution in [2.24, 2.45) is 0 Å². The van der Waals surface area contributed by atoms with Crippen LogP contribution in [0.2, 0.25) is 0 Å². The highest BCUT2D eigenvalue weighted by atomic mass is 19.1. The van der Waals surface area contributed by atoms with Crippen LogP contribution in [0, 0.1) is 12.7 Å². The van der Waals surface area contributed by atoms with Gasteiger partial charge in [0.15, 0.2) is 5.75 Å². The zero-order valence-electron chi connectivity index (χ0n) is 6.63. The molecular formula is C8H8FNO2. The van der Waals surface area contributed by atoms with Crippen LogP contribution in [0.5, 0.6) is 11.6 Å². The first kappa shape index (κ1) is 7.34. The van der Waals surface area contributed by atoms with Crippen LogP contribution in [0.25, 0.3) is 0 Å². The third-order valence-electron chi connectivity index (χ3n) is 1.66. The van der Waals surface area contributed by atoms with Crippen LogP contribution in [0.15, 0.2) is 6.07 Å². The quantitative estimate of drug-likeness (QED) is 0.586. The molecule has 3 nitrogen and oxygen atoms in total. The molecule has 0 unspecified atom stereocenters.